The summed E-state index contributed by atoms with van der Waals surface area (Å²) in [7, 11) is 0. The van der Waals surface area contributed by atoms with Crippen LogP contribution in [0.2, 0.25) is 0 Å². The highest BCUT2D eigenvalue weighted by atomic mass is 16.4. The third kappa shape index (κ3) is 24.6. The molecule has 24 heteroatoms. The van der Waals surface area contributed by atoms with E-state index in [9.17, 15) is 74.7 Å². The summed E-state index contributed by atoms with van der Waals surface area (Å²) in [6.45, 7) is 2.57. The molecule has 2 rings (SSSR count). The van der Waals surface area contributed by atoms with Gasteiger partial charge >= 0.3 is 35.8 Å². The van der Waals surface area contributed by atoms with Gasteiger partial charge in [0.25, 0.3) is 0 Å². The Morgan fingerprint density at radius 1 is 0.367 bits per heavy atom. The lowest BCUT2D eigenvalue weighted by atomic mass is 10.2. The van der Waals surface area contributed by atoms with Gasteiger partial charge in [-0.25, -0.2) is 0 Å². The highest BCUT2D eigenvalue weighted by molar-refractivity contribution is 5.70. The first kappa shape index (κ1) is 52.5. The highest BCUT2D eigenvalue weighted by Crippen LogP contribution is 2.07. The third-order valence-corrected chi connectivity index (χ3v) is 10.3. The van der Waals surface area contributed by atoms with Crippen LogP contribution in [0.5, 0.6) is 0 Å². The van der Waals surface area contributed by atoms with Crippen LogP contribution in [-0.4, -0.2) is 321 Å². The van der Waals surface area contributed by atoms with Crippen molar-refractivity contribution in [1.82, 2.24) is 44.1 Å². The van der Waals surface area contributed by atoms with Gasteiger partial charge in [0, 0.05) is 137 Å². The van der Waals surface area contributed by atoms with Crippen LogP contribution in [0, 0.1) is 0 Å². The Bertz CT molecular complexity index is 1180. The molecule has 9 N–H and O–H groups in total. The highest BCUT2D eigenvalue weighted by Gasteiger charge is 2.25. The molecular weight excluding hydrogens is 798 g/mol. The Morgan fingerprint density at radius 2 is 0.550 bits per heavy atom. The number of aliphatic carboxylic acids is 6. The number of rotatable bonds is 22. The second kappa shape index (κ2) is 28.8. The summed E-state index contributed by atoms with van der Waals surface area (Å²) in [4.78, 5) is 85.0. The minimum Gasteiger partial charge on any atom is -0.480 e. The first-order valence-electron chi connectivity index (χ1n) is 20.2. The number of carboxylic acid groups (broad SMARTS) is 6. The van der Waals surface area contributed by atoms with E-state index in [0.717, 1.165) is 0 Å². The molecule has 346 valence electrons. The van der Waals surface area contributed by atoms with Crippen LogP contribution >= 0.6 is 0 Å². The fourth-order valence-corrected chi connectivity index (χ4v) is 7.32. The van der Waals surface area contributed by atoms with Crippen LogP contribution in [0.3, 0.4) is 0 Å². The number of carbonyl (C=O) groups is 6. The predicted molar refractivity (Wildman–Crippen MR) is 213 cm³/mol. The largest absolute Gasteiger partial charge is 0.480 e. The van der Waals surface area contributed by atoms with Crippen LogP contribution < -0.4 is 0 Å². The normalized spacial score (nSPS) is 20.6. The molecule has 2 aliphatic heterocycles. The van der Waals surface area contributed by atoms with E-state index in [0.29, 0.717) is 26.2 Å². The second-order valence-corrected chi connectivity index (χ2v) is 15.4. The number of aliphatic hydroxyl groups excluding tert-OH is 3. The summed E-state index contributed by atoms with van der Waals surface area (Å²) < 4.78 is 0. The van der Waals surface area contributed by atoms with Crippen molar-refractivity contribution < 1.29 is 74.7 Å². The molecule has 24 nitrogen and oxygen atoms in total. The summed E-state index contributed by atoms with van der Waals surface area (Å²) in [6, 6.07) is 0. The molecule has 0 radical (unpaired) electrons. The molecule has 2 aliphatic rings. The number of hydrogen-bond donors (Lipinski definition) is 9. The van der Waals surface area contributed by atoms with Gasteiger partial charge < -0.3 is 46.0 Å². The molecule has 2 fully saturated rings. The standard InChI is InChI=1S/C36H67N9O15/c46-18-17-45(21-29(47)19-37-1-5-39(23-31(49)50)9-13-43(27-35(57)58)14-10-40(6-2-37)24-32(51)52)22-30(48)20-38-3-7-41(25-33(53)54)11-15-44(28-36(59)60)16-12-42(8-4-38)26-34(55)56/h29-30,46-48H,1-28H2,(H,49,50)(H,51,52)(H,53,54)(H,55,56)(H,57,58)(H,59,60). The van der Waals surface area contributed by atoms with Gasteiger partial charge in [-0.3, -0.25) is 72.9 Å². The minimum absolute atomic E-state index is 0.0293. The van der Waals surface area contributed by atoms with Crippen molar-refractivity contribution in [3.8, 4) is 0 Å². The van der Waals surface area contributed by atoms with Crippen molar-refractivity contribution in [3.63, 3.8) is 0 Å². The predicted octanol–water partition coefficient (Wildman–Crippen LogP) is -6.05. The van der Waals surface area contributed by atoms with Gasteiger partial charge in [0.05, 0.1) is 58.1 Å². The lowest BCUT2D eigenvalue weighted by Crippen LogP contribution is -2.51. The number of hydrogen-bond acceptors (Lipinski definition) is 18. The Morgan fingerprint density at radius 3 is 0.717 bits per heavy atom. The van der Waals surface area contributed by atoms with E-state index in [1.807, 2.05) is 9.80 Å². The van der Waals surface area contributed by atoms with E-state index in [1.165, 1.54) is 0 Å². The second-order valence-electron chi connectivity index (χ2n) is 15.4. The van der Waals surface area contributed by atoms with Gasteiger partial charge in [-0.2, -0.15) is 0 Å². The third-order valence-electron chi connectivity index (χ3n) is 10.3. The van der Waals surface area contributed by atoms with E-state index in [1.54, 1.807) is 34.3 Å². The fourth-order valence-electron chi connectivity index (χ4n) is 7.32. The molecule has 2 unspecified atom stereocenters. The topological polar surface area (TPSA) is 314 Å². The van der Waals surface area contributed by atoms with Crippen LogP contribution in [-0.2, 0) is 28.8 Å². The SMILES string of the molecule is O=C(O)CN1CCN(CC(=O)O)CCN(CC(O)CN(CCO)CC(O)CN2CCN(CC(=O)O)CCN(CC(=O)O)CCN(CC(=O)O)CC2)CCN(CC(=O)O)CC1. The Balaban J connectivity index is 2.16. The van der Waals surface area contributed by atoms with Crippen LogP contribution in [0.25, 0.3) is 0 Å². The van der Waals surface area contributed by atoms with Crippen LogP contribution in [0.4, 0.5) is 0 Å². The van der Waals surface area contributed by atoms with E-state index >= 15 is 0 Å². The molecule has 0 aromatic rings. The van der Waals surface area contributed by atoms with Crippen molar-refractivity contribution in [3.05, 3.63) is 0 Å². The first-order chi connectivity index (χ1) is 28.4. The van der Waals surface area contributed by atoms with Crippen LogP contribution in [0.15, 0.2) is 0 Å². The molecule has 0 spiro atoms. The Labute approximate surface area is 349 Å². The van der Waals surface area contributed by atoms with E-state index < -0.39 is 48.0 Å². The molecule has 2 atom stereocenters. The molecule has 0 bridgehead atoms. The Kier molecular flexibility index (Phi) is 25.2. The van der Waals surface area contributed by atoms with E-state index in [2.05, 4.69) is 0 Å². The zero-order valence-electron chi connectivity index (χ0n) is 34.5. The van der Waals surface area contributed by atoms with Gasteiger partial charge in [-0.15, -0.1) is 0 Å². The minimum atomic E-state index is -1.06. The quantitative estimate of drug-likeness (QED) is 0.0489. The van der Waals surface area contributed by atoms with Gasteiger partial charge in [0.2, 0.25) is 0 Å². The van der Waals surface area contributed by atoms with Crippen molar-refractivity contribution in [2.75, 3.05) is 183 Å². The zero-order chi connectivity index (χ0) is 44.6. The summed E-state index contributed by atoms with van der Waals surface area (Å²) in [5.74, 6) is -6.35. The summed E-state index contributed by atoms with van der Waals surface area (Å²) >= 11 is 0. The maximum absolute atomic E-state index is 11.7. The first-order valence-corrected chi connectivity index (χ1v) is 20.2. The maximum Gasteiger partial charge on any atom is 0.317 e. The van der Waals surface area contributed by atoms with Gasteiger partial charge in [0.15, 0.2) is 0 Å². The molecule has 0 saturated carbocycles. The molecule has 60 heavy (non-hydrogen) atoms. The molecule has 0 aromatic heterocycles. The molecule has 0 aromatic carbocycles. The lowest BCUT2D eigenvalue weighted by molar-refractivity contribution is -0.140. The van der Waals surface area contributed by atoms with Crippen molar-refractivity contribution in [2.45, 2.75) is 12.2 Å². The van der Waals surface area contributed by atoms with Crippen molar-refractivity contribution in [2.24, 2.45) is 0 Å². The number of β-amino-alcohol motifs (C(OH)–C–C–N with tert-alkyl or cyclic N) is 2. The number of carboxylic acids is 6. The smallest absolute Gasteiger partial charge is 0.317 e. The average Bonchev–Trinajstić information content (AvgIpc) is 3.12. The number of nitrogens with zero attached hydrogens (tertiary/aromatic N) is 9. The molecule has 2 heterocycles. The van der Waals surface area contributed by atoms with Crippen molar-refractivity contribution >= 4 is 35.8 Å². The van der Waals surface area contributed by atoms with E-state index in [-0.39, 0.29) is 157 Å². The monoisotopic (exact) mass is 865 g/mol. The molecule has 0 amide bonds. The zero-order valence-corrected chi connectivity index (χ0v) is 34.5. The van der Waals surface area contributed by atoms with E-state index in [4.69, 9.17) is 0 Å². The summed E-state index contributed by atoms with van der Waals surface area (Å²) in [5, 5.41) is 89.4. The average molecular weight is 866 g/mol. The summed E-state index contributed by atoms with van der Waals surface area (Å²) in [5.41, 5.74) is 0. The summed E-state index contributed by atoms with van der Waals surface area (Å²) in [6.07, 6.45) is -2.03. The fraction of sp³-hybridized carbons (Fsp3) is 0.833. The van der Waals surface area contributed by atoms with Crippen LogP contribution in [0.1, 0.15) is 0 Å². The number of aliphatic hydroxyl groups is 3. The molecule has 2 saturated heterocycles. The van der Waals surface area contributed by atoms with Gasteiger partial charge in [-0.05, 0) is 0 Å². The Hall–Kier alpha value is -3.66. The lowest BCUT2D eigenvalue weighted by Gasteiger charge is -2.35. The molecule has 0 aliphatic carbocycles. The van der Waals surface area contributed by atoms with Crippen molar-refractivity contribution in [1.29, 1.82) is 0 Å². The maximum atomic E-state index is 11.7. The van der Waals surface area contributed by atoms with Gasteiger partial charge in [-0.1, -0.05) is 0 Å². The molecular formula is C36H67N9O15. The van der Waals surface area contributed by atoms with Gasteiger partial charge in [0.1, 0.15) is 0 Å².